The van der Waals surface area contributed by atoms with Gasteiger partial charge in [-0.3, -0.25) is 14.3 Å². The molecule has 0 bridgehead atoms. The number of halogens is 3. The minimum Gasteiger partial charge on any atom is -0.382 e. The third-order valence-electron chi connectivity index (χ3n) is 7.18. The number of carbonyl (C=O) groups is 2. The van der Waals surface area contributed by atoms with Gasteiger partial charge in [-0.1, -0.05) is 5.16 Å². The molecule has 37 heavy (non-hydrogen) atoms. The van der Waals surface area contributed by atoms with Gasteiger partial charge in [-0.2, -0.15) is 18.3 Å². The van der Waals surface area contributed by atoms with Crippen LogP contribution in [0.15, 0.2) is 16.6 Å². The van der Waals surface area contributed by atoms with Crippen LogP contribution in [0.25, 0.3) is 0 Å². The highest BCUT2D eigenvalue weighted by atomic mass is 32.1. The zero-order chi connectivity index (χ0) is 26.2. The van der Waals surface area contributed by atoms with E-state index in [9.17, 15) is 22.8 Å². The van der Waals surface area contributed by atoms with Crippen molar-refractivity contribution in [1.29, 1.82) is 0 Å². The van der Waals surface area contributed by atoms with E-state index in [-0.39, 0.29) is 24.3 Å². The zero-order valence-electron chi connectivity index (χ0n) is 20.5. The molecule has 3 aliphatic rings. The van der Waals surface area contributed by atoms with E-state index in [1.165, 1.54) is 18.3 Å². The lowest BCUT2D eigenvalue weighted by Gasteiger charge is -2.31. The summed E-state index contributed by atoms with van der Waals surface area (Å²) in [6, 6.07) is 0.949. The van der Waals surface area contributed by atoms with Gasteiger partial charge in [0.2, 0.25) is 12.0 Å². The van der Waals surface area contributed by atoms with E-state index in [0.717, 1.165) is 53.8 Å². The highest BCUT2D eigenvalue weighted by Crippen LogP contribution is 2.32. The van der Waals surface area contributed by atoms with Crippen molar-refractivity contribution in [3.05, 3.63) is 33.5 Å². The van der Waals surface area contributed by atoms with E-state index in [1.54, 1.807) is 4.90 Å². The van der Waals surface area contributed by atoms with Crippen molar-refractivity contribution in [1.82, 2.24) is 24.6 Å². The molecule has 0 N–H and O–H groups in total. The SMILES string of the molecule is Cc1cc(C(F)(F)F)nn1CC(=O)N1CCC(c2nc(C3=NOC(C(=O)N4CCCCC4)C3)cs2)CC1. The fourth-order valence-electron chi connectivity index (χ4n) is 5.00. The van der Waals surface area contributed by atoms with Crippen molar-refractivity contribution < 1.29 is 27.6 Å². The van der Waals surface area contributed by atoms with Crippen LogP contribution in [0.1, 0.15) is 66.5 Å². The summed E-state index contributed by atoms with van der Waals surface area (Å²) in [5.41, 5.74) is 0.709. The molecule has 0 aromatic carbocycles. The largest absolute Gasteiger partial charge is 0.435 e. The number of nitrogens with zero attached hydrogens (tertiary/aromatic N) is 6. The van der Waals surface area contributed by atoms with E-state index in [0.29, 0.717) is 43.8 Å². The number of hydrogen-bond donors (Lipinski definition) is 0. The molecule has 0 radical (unpaired) electrons. The number of oxime groups is 1. The summed E-state index contributed by atoms with van der Waals surface area (Å²) < 4.78 is 39.8. The molecule has 5 heterocycles. The maximum Gasteiger partial charge on any atom is 0.435 e. The van der Waals surface area contributed by atoms with E-state index in [1.807, 2.05) is 10.3 Å². The van der Waals surface area contributed by atoms with Gasteiger partial charge in [0.05, 0.1) is 10.7 Å². The summed E-state index contributed by atoms with van der Waals surface area (Å²) in [6.45, 7) is 3.83. The number of piperidine rings is 2. The summed E-state index contributed by atoms with van der Waals surface area (Å²) in [7, 11) is 0. The number of amides is 2. The Hall–Kier alpha value is -2.96. The Morgan fingerprint density at radius 2 is 1.84 bits per heavy atom. The molecule has 3 aliphatic heterocycles. The highest BCUT2D eigenvalue weighted by Gasteiger charge is 2.36. The maximum absolute atomic E-state index is 12.9. The maximum atomic E-state index is 12.9. The van der Waals surface area contributed by atoms with Crippen LogP contribution in [0, 0.1) is 6.92 Å². The van der Waals surface area contributed by atoms with Crippen LogP contribution >= 0.6 is 11.3 Å². The molecule has 13 heteroatoms. The van der Waals surface area contributed by atoms with Gasteiger partial charge < -0.3 is 14.6 Å². The molecular weight excluding hydrogens is 509 g/mol. The summed E-state index contributed by atoms with van der Waals surface area (Å²) in [5, 5.41) is 10.6. The Bertz CT molecular complexity index is 1180. The molecule has 1 atom stereocenters. The van der Waals surface area contributed by atoms with Gasteiger partial charge in [0.15, 0.2) is 5.69 Å². The van der Waals surface area contributed by atoms with Crippen molar-refractivity contribution in [3.8, 4) is 0 Å². The Morgan fingerprint density at radius 3 is 2.51 bits per heavy atom. The zero-order valence-corrected chi connectivity index (χ0v) is 21.4. The van der Waals surface area contributed by atoms with Crippen molar-refractivity contribution in [2.24, 2.45) is 5.16 Å². The van der Waals surface area contributed by atoms with E-state index < -0.39 is 18.0 Å². The Kier molecular flexibility index (Phi) is 7.24. The average molecular weight is 539 g/mol. The first-order valence-corrected chi connectivity index (χ1v) is 13.4. The van der Waals surface area contributed by atoms with Crippen molar-refractivity contribution in [3.63, 3.8) is 0 Å². The second kappa shape index (κ2) is 10.4. The summed E-state index contributed by atoms with van der Waals surface area (Å²) in [4.78, 5) is 39.2. The predicted molar refractivity (Wildman–Crippen MR) is 129 cm³/mol. The summed E-state index contributed by atoms with van der Waals surface area (Å²) in [6.07, 6.45) is -0.0931. The monoisotopic (exact) mass is 538 g/mol. The minimum atomic E-state index is -4.54. The lowest BCUT2D eigenvalue weighted by atomic mass is 9.97. The predicted octanol–water partition coefficient (Wildman–Crippen LogP) is 3.58. The molecule has 9 nitrogen and oxygen atoms in total. The number of thiazole rings is 1. The first-order valence-electron chi connectivity index (χ1n) is 12.6. The molecule has 2 amide bonds. The van der Waals surface area contributed by atoms with E-state index in [2.05, 4.69) is 10.3 Å². The highest BCUT2D eigenvalue weighted by molar-refractivity contribution is 7.10. The van der Waals surface area contributed by atoms with Crippen LogP contribution < -0.4 is 0 Å². The normalized spacial score (nSPS) is 21.2. The number of hydrogen-bond acceptors (Lipinski definition) is 7. The van der Waals surface area contributed by atoms with Gasteiger partial charge in [0.25, 0.3) is 5.91 Å². The number of likely N-dealkylation sites (tertiary alicyclic amines) is 2. The van der Waals surface area contributed by atoms with E-state index in [4.69, 9.17) is 9.82 Å². The molecule has 200 valence electrons. The molecule has 0 saturated carbocycles. The fraction of sp³-hybridized carbons (Fsp3) is 0.625. The smallest absolute Gasteiger partial charge is 0.382 e. The third-order valence-corrected chi connectivity index (χ3v) is 8.19. The van der Waals surface area contributed by atoms with E-state index >= 15 is 0 Å². The number of aryl methyl sites for hydroxylation is 1. The second-order valence-electron chi connectivity index (χ2n) is 9.77. The molecule has 0 aliphatic carbocycles. The topological polar surface area (TPSA) is 92.9 Å². The number of carbonyl (C=O) groups excluding carboxylic acids is 2. The van der Waals surface area contributed by atoms with Crippen LogP contribution in [0.2, 0.25) is 0 Å². The molecule has 1 unspecified atom stereocenters. The molecule has 2 saturated heterocycles. The third kappa shape index (κ3) is 5.65. The first-order chi connectivity index (χ1) is 17.7. The quantitative estimate of drug-likeness (QED) is 0.580. The second-order valence-corrected chi connectivity index (χ2v) is 10.7. The molecule has 2 aromatic rings. The number of alkyl halides is 3. The fourth-order valence-corrected chi connectivity index (χ4v) is 6.00. The van der Waals surface area contributed by atoms with Crippen LogP contribution in [-0.2, 0) is 27.1 Å². The van der Waals surface area contributed by atoms with Crippen LogP contribution in [-0.4, -0.2) is 74.4 Å². The first kappa shape index (κ1) is 25.7. The Morgan fingerprint density at radius 1 is 1.11 bits per heavy atom. The lowest BCUT2D eigenvalue weighted by molar-refractivity contribution is -0.143. The summed E-state index contributed by atoms with van der Waals surface area (Å²) in [5.74, 6) is -0.0780. The van der Waals surface area contributed by atoms with Gasteiger partial charge in [-0.25, -0.2) is 4.98 Å². The standard InChI is InChI=1S/C24H29F3N6O3S/c1-15-11-20(24(25,26)27)29-33(15)13-21(34)31-9-5-16(6-10-31)22-28-18(14-37-22)17-12-19(36-30-17)23(35)32-7-3-2-4-8-32/h11,14,16,19H,2-10,12-13H2,1H3. The molecule has 2 fully saturated rings. The minimum absolute atomic E-state index is 0.00845. The Labute approximate surface area is 216 Å². The average Bonchev–Trinajstić information content (AvgIpc) is 3.64. The van der Waals surface area contributed by atoms with Gasteiger partial charge in [0.1, 0.15) is 12.3 Å². The summed E-state index contributed by atoms with van der Waals surface area (Å²) >= 11 is 1.53. The van der Waals surface area contributed by atoms with Gasteiger partial charge >= 0.3 is 6.18 Å². The molecule has 5 rings (SSSR count). The molecule has 0 spiro atoms. The Balaban J connectivity index is 1.12. The molecule has 2 aromatic heterocycles. The number of rotatable bonds is 5. The van der Waals surface area contributed by atoms with Crippen LogP contribution in [0.5, 0.6) is 0 Å². The van der Waals surface area contributed by atoms with Crippen molar-refractivity contribution in [2.45, 2.75) is 70.2 Å². The van der Waals surface area contributed by atoms with Crippen molar-refractivity contribution in [2.75, 3.05) is 26.2 Å². The van der Waals surface area contributed by atoms with Gasteiger partial charge in [-0.05, 0) is 45.1 Å². The van der Waals surface area contributed by atoms with Crippen LogP contribution in [0.4, 0.5) is 13.2 Å². The molecular formula is C24H29F3N6O3S. The number of aromatic nitrogens is 3. The van der Waals surface area contributed by atoms with Crippen molar-refractivity contribution >= 4 is 28.9 Å². The van der Waals surface area contributed by atoms with Gasteiger partial charge in [0, 0.05) is 49.6 Å². The van der Waals surface area contributed by atoms with Crippen LogP contribution in [0.3, 0.4) is 0 Å². The van der Waals surface area contributed by atoms with Gasteiger partial charge in [-0.15, -0.1) is 11.3 Å². The lowest BCUT2D eigenvalue weighted by Crippen LogP contribution is -2.42.